The molecule has 2 N–H and O–H groups in total. The molecule has 0 radical (unpaired) electrons. The van der Waals surface area contributed by atoms with E-state index in [-0.39, 0.29) is 13.2 Å². The lowest BCUT2D eigenvalue weighted by molar-refractivity contribution is -0.158. The molecule has 1 fully saturated rings. The number of amides is 3. The molecular weight excluding hydrogens is 490 g/mol. The third-order valence-electron chi connectivity index (χ3n) is 6.56. The van der Waals surface area contributed by atoms with E-state index in [0.717, 1.165) is 16.0 Å². The van der Waals surface area contributed by atoms with E-state index in [1.165, 1.54) is 18.9 Å². The second kappa shape index (κ2) is 13.6. The molecule has 3 rings (SSSR count). The second-order valence-corrected chi connectivity index (χ2v) is 9.35. The molecule has 1 heterocycles. The van der Waals surface area contributed by atoms with E-state index in [1.807, 2.05) is 60.7 Å². The highest BCUT2D eigenvalue weighted by atomic mass is 16.5. The van der Waals surface area contributed by atoms with Gasteiger partial charge in [-0.2, -0.15) is 0 Å². The summed E-state index contributed by atoms with van der Waals surface area (Å²) in [6.07, 6.45) is -0.568. The van der Waals surface area contributed by atoms with Crippen molar-refractivity contribution in [3.63, 3.8) is 0 Å². The SMILES string of the molecule is C[C@H](NC(=O)OCc1ccccc1)C(=O)N1CCC[C@H]1C(=O)N(C)[C@H](C(=O)O)[C@@H](C)OCc1ccccc1. The van der Waals surface area contributed by atoms with Crippen molar-refractivity contribution in [2.45, 2.75) is 64.1 Å². The van der Waals surface area contributed by atoms with Crippen LogP contribution in [0.4, 0.5) is 4.79 Å². The Bertz CT molecular complexity index is 1100. The second-order valence-electron chi connectivity index (χ2n) is 9.35. The Morgan fingerprint density at radius 3 is 2.16 bits per heavy atom. The minimum Gasteiger partial charge on any atom is -0.480 e. The minimum atomic E-state index is -1.24. The van der Waals surface area contributed by atoms with Crippen molar-refractivity contribution in [3.05, 3.63) is 71.8 Å². The van der Waals surface area contributed by atoms with Crippen LogP contribution in [0.25, 0.3) is 0 Å². The highest BCUT2D eigenvalue weighted by Gasteiger charge is 2.41. The molecular formula is C28H35N3O7. The van der Waals surface area contributed by atoms with Crippen LogP contribution in [-0.4, -0.2) is 76.6 Å². The molecule has 0 aliphatic carbocycles. The number of aliphatic carboxylic acids is 1. The van der Waals surface area contributed by atoms with Gasteiger partial charge in [-0.25, -0.2) is 9.59 Å². The summed E-state index contributed by atoms with van der Waals surface area (Å²) in [6, 6.07) is 15.5. The van der Waals surface area contributed by atoms with E-state index < -0.39 is 48.1 Å². The largest absolute Gasteiger partial charge is 0.480 e. The van der Waals surface area contributed by atoms with Gasteiger partial charge in [-0.1, -0.05) is 60.7 Å². The first-order valence-corrected chi connectivity index (χ1v) is 12.6. The van der Waals surface area contributed by atoms with Crippen LogP contribution in [-0.2, 0) is 37.1 Å². The number of carboxylic acid groups (broad SMARTS) is 1. The van der Waals surface area contributed by atoms with Crippen molar-refractivity contribution in [1.82, 2.24) is 15.1 Å². The summed E-state index contributed by atoms with van der Waals surface area (Å²) in [6.45, 7) is 3.72. The molecule has 0 spiro atoms. The van der Waals surface area contributed by atoms with Crippen LogP contribution in [0.2, 0.25) is 0 Å². The average molecular weight is 526 g/mol. The zero-order valence-corrected chi connectivity index (χ0v) is 21.9. The summed E-state index contributed by atoms with van der Waals surface area (Å²) in [4.78, 5) is 53.4. The highest BCUT2D eigenvalue weighted by molar-refractivity contribution is 5.93. The molecule has 4 atom stereocenters. The van der Waals surface area contributed by atoms with E-state index in [2.05, 4.69) is 5.32 Å². The molecule has 1 saturated heterocycles. The predicted molar refractivity (Wildman–Crippen MR) is 139 cm³/mol. The molecule has 38 heavy (non-hydrogen) atoms. The Hall–Kier alpha value is -3.92. The number of likely N-dealkylation sites (N-methyl/N-ethyl adjacent to an activating group) is 1. The van der Waals surface area contributed by atoms with E-state index in [9.17, 15) is 24.3 Å². The minimum absolute atomic E-state index is 0.0598. The van der Waals surface area contributed by atoms with Crippen LogP contribution >= 0.6 is 0 Å². The monoisotopic (exact) mass is 525 g/mol. The van der Waals surface area contributed by atoms with Crippen molar-refractivity contribution < 1.29 is 33.8 Å². The molecule has 10 heteroatoms. The number of hydrogen-bond donors (Lipinski definition) is 2. The zero-order valence-electron chi connectivity index (χ0n) is 21.9. The maximum atomic E-state index is 13.4. The maximum Gasteiger partial charge on any atom is 0.408 e. The smallest absolute Gasteiger partial charge is 0.408 e. The molecule has 3 amide bonds. The van der Waals surface area contributed by atoms with Gasteiger partial charge in [-0.15, -0.1) is 0 Å². The van der Waals surface area contributed by atoms with Gasteiger partial charge in [0.15, 0.2) is 6.04 Å². The van der Waals surface area contributed by atoms with Gasteiger partial charge < -0.3 is 29.7 Å². The number of nitrogens with one attached hydrogen (secondary N) is 1. The lowest BCUT2D eigenvalue weighted by atomic mass is 10.1. The maximum absolute atomic E-state index is 13.4. The van der Waals surface area contributed by atoms with E-state index >= 15 is 0 Å². The third-order valence-corrected chi connectivity index (χ3v) is 6.56. The molecule has 204 valence electrons. The van der Waals surface area contributed by atoms with Crippen molar-refractivity contribution >= 4 is 23.9 Å². The van der Waals surface area contributed by atoms with Crippen molar-refractivity contribution in [2.24, 2.45) is 0 Å². The lowest BCUT2D eigenvalue weighted by Gasteiger charge is -2.34. The van der Waals surface area contributed by atoms with Gasteiger partial charge in [0, 0.05) is 13.6 Å². The van der Waals surface area contributed by atoms with E-state index in [0.29, 0.717) is 19.4 Å². The van der Waals surface area contributed by atoms with Crippen molar-refractivity contribution in [3.8, 4) is 0 Å². The van der Waals surface area contributed by atoms with Crippen LogP contribution in [0, 0.1) is 0 Å². The summed E-state index contributed by atoms with van der Waals surface area (Å²) in [7, 11) is 1.41. The number of likely N-dealkylation sites (tertiary alicyclic amines) is 1. The number of alkyl carbamates (subject to hydrolysis) is 1. The summed E-state index contributed by atoms with van der Waals surface area (Å²) < 4.78 is 11.0. The molecule has 0 bridgehead atoms. The molecule has 0 saturated carbocycles. The highest BCUT2D eigenvalue weighted by Crippen LogP contribution is 2.22. The first-order valence-electron chi connectivity index (χ1n) is 12.6. The molecule has 2 aromatic rings. The van der Waals surface area contributed by atoms with Gasteiger partial charge in [-0.3, -0.25) is 9.59 Å². The fourth-order valence-electron chi connectivity index (χ4n) is 4.49. The number of benzene rings is 2. The Balaban J connectivity index is 1.58. The Labute approximate surface area is 222 Å². The summed E-state index contributed by atoms with van der Waals surface area (Å²) in [5.74, 6) is -2.13. The van der Waals surface area contributed by atoms with Gasteiger partial charge >= 0.3 is 12.1 Å². The molecule has 0 unspecified atom stereocenters. The van der Waals surface area contributed by atoms with Gasteiger partial charge in [0.25, 0.3) is 0 Å². The van der Waals surface area contributed by atoms with Gasteiger partial charge in [0.2, 0.25) is 11.8 Å². The van der Waals surface area contributed by atoms with Crippen molar-refractivity contribution in [1.29, 1.82) is 0 Å². The summed E-state index contributed by atoms with van der Waals surface area (Å²) in [5, 5.41) is 12.4. The van der Waals surface area contributed by atoms with Gasteiger partial charge in [0.1, 0.15) is 18.7 Å². The fraction of sp³-hybridized carbons (Fsp3) is 0.429. The number of hydrogen-bond acceptors (Lipinski definition) is 6. The number of nitrogens with zero attached hydrogens (tertiary/aromatic N) is 2. The Morgan fingerprint density at radius 2 is 1.58 bits per heavy atom. The van der Waals surface area contributed by atoms with Crippen LogP contribution in [0.15, 0.2) is 60.7 Å². The van der Waals surface area contributed by atoms with E-state index in [4.69, 9.17) is 9.47 Å². The normalized spacial score (nSPS) is 17.2. The molecule has 1 aliphatic rings. The summed E-state index contributed by atoms with van der Waals surface area (Å²) in [5.41, 5.74) is 1.69. The average Bonchev–Trinajstić information content (AvgIpc) is 3.40. The van der Waals surface area contributed by atoms with E-state index in [1.54, 1.807) is 6.92 Å². The first-order chi connectivity index (χ1) is 18.2. The van der Waals surface area contributed by atoms with Crippen LogP contribution in [0.5, 0.6) is 0 Å². The van der Waals surface area contributed by atoms with Crippen LogP contribution in [0.3, 0.4) is 0 Å². The Morgan fingerprint density at radius 1 is 1.00 bits per heavy atom. The first kappa shape index (κ1) is 28.6. The summed E-state index contributed by atoms with van der Waals surface area (Å²) >= 11 is 0. The van der Waals surface area contributed by atoms with Gasteiger partial charge in [-0.05, 0) is 37.8 Å². The topological polar surface area (TPSA) is 125 Å². The Kier molecular flexibility index (Phi) is 10.2. The standard InChI is InChI=1S/C28H35N3O7/c1-19(29-28(36)38-18-22-13-8-5-9-14-22)25(32)31-16-10-15-23(31)26(33)30(3)24(27(34)35)20(2)37-17-21-11-6-4-7-12-21/h4-9,11-14,19-20,23-24H,10,15-18H2,1-3H3,(H,29,36)(H,34,35)/t19-,20+,23-,24-/m0/s1. The molecule has 2 aromatic carbocycles. The number of carboxylic acids is 1. The third kappa shape index (κ3) is 7.55. The van der Waals surface area contributed by atoms with Crippen molar-refractivity contribution in [2.75, 3.05) is 13.6 Å². The number of carbonyl (C=O) groups excluding carboxylic acids is 3. The molecule has 0 aromatic heterocycles. The molecule has 10 nitrogen and oxygen atoms in total. The van der Waals surface area contributed by atoms with Crippen LogP contribution in [0.1, 0.15) is 37.8 Å². The zero-order chi connectivity index (χ0) is 27.7. The number of rotatable bonds is 11. The van der Waals surface area contributed by atoms with Gasteiger partial charge in [0.05, 0.1) is 12.7 Å². The number of ether oxygens (including phenoxy) is 2. The fourth-order valence-corrected chi connectivity index (χ4v) is 4.49. The number of carbonyl (C=O) groups is 4. The molecule has 1 aliphatic heterocycles. The quantitative estimate of drug-likeness (QED) is 0.462. The lowest BCUT2D eigenvalue weighted by Crippen LogP contribution is -2.57. The predicted octanol–water partition coefficient (Wildman–Crippen LogP) is 2.81. The van der Waals surface area contributed by atoms with Crippen LogP contribution < -0.4 is 5.32 Å².